The molecule has 0 saturated heterocycles. The summed E-state index contributed by atoms with van der Waals surface area (Å²) >= 11 is 3.40. The van der Waals surface area contributed by atoms with Gasteiger partial charge in [0.1, 0.15) is 5.76 Å². The van der Waals surface area contributed by atoms with Gasteiger partial charge in [-0.3, -0.25) is 4.79 Å². The van der Waals surface area contributed by atoms with Gasteiger partial charge in [0.2, 0.25) is 5.91 Å². The molecule has 1 atom stereocenters. The monoisotopic (exact) mass is 288 g/mol. The summed E-state index contributed by atoms with van der Waals surface area (Å²) in [5.74, 6) is 0.982. The van der Waals surface area contributed by atoms with Crippen molar-refractivity contribution < 1.29 is 9.21 Å². The number of hydrogen-bond acceptors (Lipinski definition) is 3. The SMILES string of the molecule is CC(NCCC(=O)N(C)C)c1occc1Br. The summed E-state index contributed by atoms with van der Waals surface area (Å²) in [5.41, 5.74) is 0. The van der Waals surface area contributed by atoms with Crippen molar-refractivity contribution in [1.29, 1.82) is 0 Å². The highest BCUT2D eigenvalue weighted by atomic mass is 79.9. The number of hydrogen-bond donors (Lipinski definition) is 1. The van der Waals surface area contributed by atoms with E-state index in [1.807, 2.05) is 13.0 Å². The Labute approximate surface area is 104 Å². The van der Waals surface area contributed by atoms with Gasteiger partial charge in [-0.15, -0.1) is 0 Å². The third-order valence-corrected chi connectivity index (χ3v) is 2.98. The summed E-state index contributed by atoms with van der Waals surface area (Å²) in [6.45, 7) is 2.65. The van der Waals surface area contributed by atoms with E-state index in [2.05, 4.69) is 21.2 Å². The lowest BCUT2D eigenvalue weighted by atomic mass is 10.2. The van der Waals surface area contributed by atoms with Crippen LogP contribution in [0.25, 0.3) is 0 Å². The normalized spacial score (nSPS) is 12.5. The van der Waals surface area contributed by atoms with Crippen LogP contribution in [0, 0.1) is 0 Å². The molecule has 16 heavy (non-hydrogen) atoms. The Hall–Kier alpha value is -0.810. The molecule has 1 heterocycles. The number of amides is 1. The Bertz CT molecular complexity index is 350. The van der Waals surface area contributed by atoms with Gasteiger partial charge >= 0.3 is 0 Å². The number of nitrogens with one attached hydrogen (secondary N) is 1. The molecule has 0 bridgehead atoms. The van der Waals surface area contributed by atoms with Crippen LogP contribution in [0.5, 0.6) is 0 Å². The minimum absolute atomic E-state index is 0.0966. The van der Waals surface area contributed by atoms with Gasteiger partial charge in [-0.25, -0.2) is 0 Å². The van der Waals surface area contributed by atoms with E-state index in [0.717, 1.165) is 10.2 Å². The van der Waals surface area contributed by atoms with Crippen LogP contribution in [0.1, 0.15) is 25.1 Å². The third-order valence-electron chi connectivity index (χ3n) is 2.33. The first-order chi connectivity index (χ1) is 7.52. The Balaban J connectivity index is 2.34. The van der Waals surface area contributed by atoms with E-state index in [1.54, 1.807) is 25.3 Å². The highest BCUT2D eigenvalue weighted by Gasteiger charge is 2.12. The van der Waals surface area contributed by atoms with Crippen LogP contribution in [-0.2, 0) is 4.79 Å². The fraction of sp³-hybridized carbons (Fsp3) is 0.545. The van der Waals surface area contributed by atoms with Gasteiger partial charge in [-0.05, 0) is 28.9 Å². The van der Waals surface area contributed by atoms with Crippen molar-refractivity contribution in [3.63, 3.8) is 0 Å². The minimum atomic E-state index is 0.0966. The fourth-order valence-electron chi connectivity index (χ4n) is 1.33. The molecular formula is C11H17BrN2O2. The summed E-state index contributed by atoms with van der Waals surface area (Å²) in [4.78, 5) is 12.9. The van der Waals surface area contributed by atoms with Crippen LogP contribution in [0.3, 0.4) is 0 Å². The van der Waals surface area contributed by atoms with Gasteiger partial charge in [0.25, 0.3) is 0 Å². The van der Waals surface area contributed by atoms with Crippen molar-refractivity contribution in [2.75, 3.05) is 20.6 Å². The van der Waals surface area contributed by atoms with Crippen LogP contribution < -0.4 is 5.32 Å². The Morgan fingerprint density at radius 2 is 2.31 bits per heavy atom. The zero-order valence-corrected chi connectivity index (χ0v) is 11.4. The second-order valence-corrected chi connectivity index (χ2v) is 4.70. The van der Waals surface area contributed by atoms with Gasteiger partial charge in [0, 0.05) is 27.1 Å². The molecule has 0 aliphatic rings. The van der Waals surface area contributed by atoms with E-state index in [0.29, 0.717) is 13.0 Å². The molecule has 0 aliphatic heterocycles. The Kier molecular flexibility index (Phi) is 5.02. The van der Waals surface area contributed by atoms with Gasteiger partial charge < -0.3 is 14.6 Å². The first-order valence-corrected chi connectivity index (χ1v) is 5.98. The molecule has 0 radical (unpaired) electrons. The van der Waals surface area contributed by atoms with Crippen molar-refractivity contribution in [1.82, 2.24) is 10.2 Å². The lowest BCUT2D eigenvalue weighted by Crippen LogP contribution is -2.28. The topological polar surface area (TPSA) is 45.5 Å². The highest BCUT2D eigenvalue weighted by Crippen LogP contribution is 2.23. The van der Waals surface area contributed by atoms with E-state index in [4.69, 9.17) is 4.42 Å². The molecule has 4 nitrogen and oxygen atoms in total. The second-order valence-electron chi connectivity index (χ2n) is 3.85. The van der Waals surface area contributed by atoms with Crippen molar-refractivity contribution in [3.8, 4) is 0 Å². The van der Waals surface area contributed by atoms with Crippen molar-refractivity contribution in [2.45, 2.75) is 19.4 Å². The zero-order valence-electron chi connectivity index (χ0n) is 9.79. The summed E-state index contributed by atoms with van der Waals surface area (Å²) in [5, 5.41) is 3.24. The number of furan rings is 1. The number of rotatable bonds is 5. The van der Waals surface area contributed by atoms with E-state index >= 15 is 0 Å². The molecule has 1 aromatic rings. The Morgan fingerprint density at radius 3 is 2.81 bits per heavy atom. The van der Waals surface area contributed by atoms with Crippen LogP contribution in [-0.4, -0.2) is 31.4 Å². The van der Waals surface area contributed by atoms with Crippen LogP contribution in [0.2, 0.25) is 0 Å². The smallest absolute Gasteiger partial charge is 0.223 e. The standard InChI is InChI=1S/C11H17BrN2O2/c1-8(11-9(12)5-7-16-11)13-6-4-10(15)14(2)3/h5,7-8,13H,4,6H2,1-3H3. The predicted octanol–water partition coefficient (Wildman–Crippen LogP) is 2.17. The largest absolute Gasteiger partial charge is 0.466 e. The molecule has 0 aromatic carbocycles. The van der Waals surface area contributed by atoms with Gasteiger partial charge in [0.15, 0.2) is 0 Å². The summed E-state index contributed by atoms with van der Waals surface area (Å²) < 4.78 is 6.28. The number of carbonyl (C=O) groups is 1. The molecule has 0 aliphatic carbocycles. The fourth-order valence-corrected chi connectivity index (χ4v) is 1.87. The Morgan fingerprint density at radius 1 is 1.62 bits per heavy atom. The number of halogens is 1. The highest BCUT2D eigenvalue weighted by molar-refractivity contribution is 9.10. The van der Waals surface area contributed by atoms with E-state index in [9.17, 15) is 4.79 Å². The molecule has 1 aromatic heterocycles. The zero-order chi connectivity index (χ0) is 12.1. The second kappa shape index (κ2) is 6.06. The number of nitrogens with zero attached hydrogens (tertiary/aromatic N) is 1. The maximum atomic E-state index is 11.3. The quantitative estimate of drug-likeness (QED) is 0.903. The first-order valence-electron chi connectivity index (χ1n) is 5.18. The lowest BCUT2D eigenvalue weighted by molar-refractivity contribution is -0.128. The van der Waals surface area contributed by atoms with Crippen molar-refractivity contribution in [2.24, 2.45) is 0 Å². The van der Waals surface area contributed by atoms with E-state index < -0.39 is 0 Å². The number of carbonyl (C=O) groups excluding carboxylic acids is 1. The van der Waals surface area contributed by atoms with E-state index in [-0.39, 0.29) is 11.9 Å². The van der Waals surface area contributed by atoms with Crippen molar-refractivity contribution >= 4 is 21.8 Å². The maximum absolute atomic E-state index is 11.3. The molecule has 1 N–H and O–H groups in total. The van der Waals surface area contributed by atoms with Gasteiger partial charge in [0.05, 0.1) is 16.8 Å². The minimum Gasteiger partial charge on any atom is -0.466 e. The summed E-state index contributed by atoms with van der Waals surface area (Å²) in [6, 6.07) is 1.96. The van der Waals surface area contributed by atoms with Gasteiger partial charge in [-0.1, -0.05) is 0 Å². The first kappa shape index (κ1) is 13.3. The van der Waals surface area contributed by atoms with Crippen LogP contribution in [0.15, 0.2) is 21.2 Å². The average Bonchev–Trinajstić information content (AvgIpc) is 2.64. The third kappa shape index (κ3) is 3.64. The molecule has 0 spiro atoms. The maximum Gasteiger partial charge on any atom is 0.223 e. The summed E-state index contributed by atoms with van der Waals surface area (Å²) in [7, 11) is 3.52. The molecule has 90 valence electrons. The molecule has 1 rings (SSSR count). The van der Waals surface area contributed by atoms with Crippen LogP contribution >= 0.6 is 15.9 Å². The molecule has 1 unspecified atom stereocenters. The molecule has 0 fully saturated rings. The summed E-state index contributed by atoms with van der Waals surface area (Å²) in [6.07, 6.45) is 2.14. The predicted molar refractivity (Wildman–Crippen MR) is 66.1 cm³/mol. The average molecular weight is 289 g/mol. The van der Waals surface area contributed by atoms with Crippen LogP contribution in [0.4, 0.5) is 0 Å². The van der Waals surface area contributed by atoms with Crippen molar-refractivity contribution in [3.05, 3.63) is 22.6 Å². The lowest BCUT2D eigenvalue weighted by Gasteiger charge is -2.13. The molecule has 0 saturated carbocycles. The molecule has 5 heteroatoms. The molecule has 1 amide bonds. The van der Waals surface area contributed by atoms with Gasteiger partial charge in [-0.2, -0.15) is 0 Å². The van der Waals surface area contributed by atoms with E-state index in [1.165, 1.54) is 0 Å². The molecular weight excluding hydrogens is 272 g/mol.